The maximum Gasteiger partial charge on any atom is 0.318 e. The molecule has 3 amide bonds. The number of likely N-dealkylation sites (N-methyl/N-ethyl adjacent to an activating group) is 2. The van der Waals surface area contributed by atoms with Crippen molar-refractivity contribution < 1.29 is 19.5 Å². The molecule has 0 aliphatic rings. The molecule has 0 aliphatic carbocycles. The van der Waals surface area contributed by atoms with Crippen LogP contribution in [0, 0.1) is 0 Å². The van der Waals surface area contributed by atoms with Gasteiger partial charge in [-0.3, -0.25) is 9.59 Å². The van der Waals surface area contributed by atoms with E-state index < -0.39 is 17.5 Å². The van der Waals surface area contributed by atoms with Crippen molar-refractivity contribution in [2.45, 2.75) is 32.2 Å². The Morgan fingerprint density at radius 1 is 1.16 bits per heavy atom. The number of carbonyl (C=O) groups is 3. The highest BCUT2D eigenvalue weighted by molar-refractivity contribution is 5.83. The SMILES string of the molecule is CN(C)C(=O)CN(C)C(=O)NC(C)(C)CCC(=O)O. The Kier molecular flexibility index (Phi) is 6.31. The molecule has 0 bridgehead atoms. The van der Waals surface area contributed by atoms with E-state index in [1.54, 1.807) is 27.9 Å². The molecule has 19 heavy (non-hydrogen) atoms. The highest BCUT2D eigenvalue weighted by atomic mass is 16.4. The Labute approximate surface area is 113 Å². The van der Waals surface area contributed by atoms with E-state index in [0.29, 0.717) is 6.42 Å². The van der Waals surface area contributed by atoms with Crippen LogP contribution in [0.4, 0.5) is 4.79 Å². The first-order valence-electron chi connectivity index (χ1n) is 6.00. The van der Waals surface area contributed by atoms with Crippen LogP contribution in [-0.2, 0) is 9.59 Å². The van der Waals surface area contributed by atoms with Gasteiger partial charge in [0.2, 0.25) is 5.91 Å². The van der Waals surface area contributed by atoms with Crippen LogP contribution in [-0.4, -0.2) is 66.0 Å². The summed E-state index contributed by atoms with van der Waals surface area (Å²) in [5, 5.41) is 11.3. The van der Waals surface area contributed by atoms with Crippen molar-refractivity contribution in [2.75, 3.05) is 27.7 Å². The molecule has 0 aliphatic heterocycles. The standard InChI is InChI=1S/C12H23N3O4/c1-12(2,7-6-10(17)18)13-11(19)15(5)8-9(16)14(3)4/h6-8H2,1-5H3,(H,13,19)(H,17,18). The lowest BCUT2D eigenvalue weighted by Crippen LogP contribution is -2.51. The first-order valence-corrected chi connectivity index (χ1v) is 6.00. The fourth-order valence-corrected chi connectivity index (χ4v) is 1.28. The summed E-state index contributed by atoms with van der Waals surface area (Å²) in [5.74, 6) is -1.08. The Bertz CT molecular complexity index is 353. The van der Waals surface area contributed by atoms with E-state index in [1.165, 1.54) is 16.8 Å². The molecule has 110 valence electrons. The van der Waals surface area contributed by atoms with Gasteiger partial charge in [-0.2, -0.15) is 0 Å². The van der Waals surface area contributed by atoms with Gasteiger partial charge in [0, 0.05) is 33.1 Å². The van der Waals surface area contributed by atoms with Gasteiger partial charge in [-0.25, -0.2) is 4.79 Å². The smallest absolute Gasteiger partial charge is 0.318 e. The summed E-state index contributed by atoms with van der Waals surface area (Å²) in [7, 11) is 4.75. The predicted molar refractivity (Wildman–Crippen MR) is 70.8 cm³/mol. The zero-order chi connectivity index (χ0) is 15.2. The molecule has 0 heterocycles. The quantitative estimate of drug-likeness (QED) is 0.731. The molecule has 0 saturated heterocycles. The van der Waals surface area contributed by atoms with E-state index in [0.717, 1.165) is 0 Å². The summed E-state index contributed by atoms with van der Waals surface area (Å²) >= 11 is 0. The summed E-state index contributed by atoms with van der Waals surface area (Å²) in [6, 6.07) is -0.398. The summed E-state index contributed by atoms with van der Waals surface area (Å²) in [4.78, 5) is 36.5. The van der Waals surface area contributed by atoms with E-state index in [4.69, 9.17) is 5.11 Å². The summed E-state index contributed by atoms with van der Waals surface area (Å²) in [5.41, 5.74) is -0.634. The van der Waals surface area contributed by atoms with Gasteiger partial charge in [-0.15, -0.1) is 0 Å². The van der Waals surface area contributed by atoms with Crippen molar-refractivity contribution in [3.63, 3.8) is 0 Å². The second kappa shape index (κ2) is 6.96. The van der Waals surface area contributed by atoms with Gasteiger partial charge in [0.05, 0.1) is 0 Å². The van der Waals surface area contributed by atoms with E-state index >= 15 is 0 Å². The van der Waals surface area contributed by atoms with E-state index in [-0.39, 0.29) is 18.9 Å². The number of rotatable bonds is 6. The van der Waals surface area contributed by atoms with Crippen LogP contribution in [0.5, 0.6) is 0 Å². The predicted octanol–water partition coefficient (Wildman–Crippen LogP) is 0.359. The fourth-order valence-electron chi connectivity index (χ4n) is 1.28. The molecule has 0 atom stereocenters. The van der Waals surface area contributed by atoms with Crippen LogP contribution >= 0.6 is 0 Å². The Hall–Kier alpha value is -1.79. The monoisotopic (exact) mass is 273 g/mol. The van der Waals surface area contributed by atoms with Crippen molar-refractivity contribution in [1.29, 1.82) is 0 Å². The minimum absolute atomic E-state index is 0.0200. The molecule has 2 N–H and O–H groups in total. The average molecular weight is 273 g/mol. The topological polar surface area (TPSA) is 90.0 Å². The Morgan fingerprint density at radius 2 is 1.68 bits per heavy atom. The minimum Gasteiger partial charge on any atom is -0.481 e. The Morgan fingerprint density at radius 3 is 2.11 bits per heavy atom. The second-order valence-electron chi connectivity index (χ2n) is 5.35. The molecule has 0 unspecified atom stereocenters. The third kappa shape index (κ3) is 7.28. The molecular formula is C12H23N3O4. The number of hydrogen-bond acceptors (Lipinski definition) is 3. The molecule has 0 aromatic rings. The number of urea groups is 1. The van der Waals surface area contributed by atoms with Crippen LogP contribution < -0.4 is 5.32 Å². The second-order valence-corrected chi connectivity index (χ2v) is 5.35. The van der Waals surface area contributed by atoms with Gasteiger partial charge in [-0.05, 0) is 20.3 Å². The molecule has 0 saturated carbocycles. The molecule has 0 radical (unpaired) electrons. The van der Waals surface area contributed by atoms with Crippen LogP contribution in [0.1, 0.15) is 26.7 Å². The van der Waals surface area contributed by atoms with Crippen molar-refractivity contribution in [1.82, 2.24) is 15.1 Å². The summed E-state index contributed by atoms with van der Waals surface area (Å²) in [6.07, 6.45) is 0.303. The lowest BCUT2D eigenvalue weighted by Gasteiger charge is -2.29. The molecule has 0 spiro atoms. The van der Waals surface area contributed by atoms with Gasteiger partial charge >= 0.3 is 12.0 Å². The van der Waals surface area contributed by atoms with Crippen LogP contribution in [0.3, 0.4) is 0 Å². The normalized spacial score (nSPS) is 10.8. The third-order valence-corrected chi connectivity index (χ3v) is 2.63. The molecule has 0 rings (SSSR count). The number of carboxylic acid groups (broad SMARTS) is 1. The van der Waals surface area contributed by atoms with Crippen molar-refractivity contribution >= 4 is 17.9 Å². The van der Waals surface area contributed by atoms with Crippen molar-refractivity contribution in [3.8, 4) is 0 Å². The van der Waals surface area contributed by atoms with Crippen LogP contribution in [0.15, 0.2) is 0 Å². The molecule has 7 nitrogen and oxygen atoms in total. The fraction of sp³-hybridized carbons (Fsp3) is 0.750. The maximum absolute atomic E-state index is 11.9. The van der Waals surface area contributed by atoms with Gasteiger partial charge in [0.15, 0.2) is 0 Å². The highest BCUT2D eigenvalue weighted by Gasteiger charge is 2.24. The van der Waals surface area contributed by atoms with Gasteiger partial charge in [0.1, 0.15) is 6.54 Å². The highest BCUT2D eigenvalue weighted by Crippen LogP contribution is 2.11. The van der Waals surface area contributed by atoms with Gasteiger partial charge < -0.3 is 20.2 Å². The Balaban J connectivity index is 4.34. The molecular weight excluding hydrogens is 250 g/mol. The lowest BCUT2D eigenvalue weighted by atomic mass is 9.99. The zero-order valence-corrected chi connectivity index (χ0v) is 12.2. The van der Waals surface area contributed by atoms with E-state index in [1.807, 2.05) is 0 Å². The number of carboxylic acids is 1. The van der Waals surface area contributed by atoms with E-state index in [9.17, 15) is 14.4 Å². The molecule has 0 fully saturated rings. The van der Waals surface area contributed by atoms with Gasteiger partial charge in [-0.1, -0.05) is 0 Å². The van der Waals surface area contributed by atoms with Crippen molar-refractivity contribution in [3.05, 3.63) is 0 Å². The summed E-state index contributed by atoms with van der Waals surface area (Å²) in [6.45, 7) is 3.47. The van der Waals surface area contributed by atoms with Gasteiger partial charge in [0.25, 0.3) is 0 Å². The lowest BCUT2D eigenvalue weighted by molar-refractivity contribution is -0.137. The largest absolute Gasteiger partial charge is 0.481 e. The van der Waals surface area contributed by atoms with Crippen molar-refractivity contribution in [2.24, 2.45) is 0 Å². The maximum atomic E-state index is 11.9. The number of aliphatic carboxylic acids is 1. The average Bonchev–Trinajstić information content (AvgIpc) is 2.25. The molecule has 7 heteroatoms. The number of amides is 3. The number of nitrogens with zero attached hydrogens (tertiary/aromatic N) is 2. The van der Waals surface area contributed by atoms with E-state index in [2.05, 4.69) is 5.32 Å². The minimum atomic E-state index is -0.904. The zero-order valence-electron chi connectivity index (χ0n) is 12.2. The first kappa shape index (κ1) is 17.2. The first-order chi connectivity index (χ1) is 8.55. The number of hydrogen-bond donors (Lipinski definition) is 2. The molecule has 0 aromatic carbocycles. The van der Waals surface area contributed by atoms with Crippen LogP contribution in [0.2, 0.25) is 0 Å². The number of carbonyl (C=O) groups excluding carboxylic acids is 2. The third-order valence-electron chi connectivity index (χ3n) is 2.63. The van der Waals surface area contributed by atoms with Crippen LogP contribution in [0.25, 0.3) is 0 Å². The summed E-state index contributed by atoms with van der Waals surface area (Å²) < 4.78 is 0. The number of nitrogens with one attached hydrogen (secondary N) is 1. The molecule has 0 aromatic heterocycles.